The van der Waals surface area contributed by atoms with Gasteiger partial charge in [-0.05, 0) is 38.3 Å². The normalized spacial score (nSPS) is 30.7. The van der Waals surface area contributed by atoms with Gasteiger partial charge in [-0.25, -0.2) is 0 Å². The first-order valence-corrected chi connectivity index (χ1v) is 13.2. The van der Waals surface area contributed by atoms with Crippen LogP contribution in [0.25, 0.3) is 0 Å². The smallest absolute Gasteiger partial charge is 0.253 e. The zero-order valence-electron chi connectivity index (χ0n) is 21.7. The number of rotatable bonds is 10. The van der Waals surface area contributed by atoms with Gasteiger partial charge in [-0.15, -0.1) is 13.2 Å². The van der Waals surface area contributed by atoms with E-state index >= 15 is 0 Å². The van der Waals surface area contributed by atoms with Crippen molar-refractivity contribution in [2.24, 2.45) is 11.8 Å². The summed E-state index contributed by atoms with van der Waals surface area (Å²) >= 11 is 6.49. The first kappa shape index (κ1) is 27.4. The van der Waals surface area contributed by atoms with Crippen LogP contribution in [0.2, 0.25) is 5.02 Å². The molecule has 3 saturated heterocycles. The average molecular weight is 530 g/mol. The van der Waals surface area contributed by atoms with E-state index in [0.29, 0.717) is 36.5 Å². The number of benzene rings is 1. The Morgan fingerprint density at radius 2 is 1.92 bits per heavy atom. The van der Waals surface area contributed by atoms with Crippen molar-refractivity contribution < 1.29 is 24.2 Å². The predicted octanol–water partition coefficient (Wildman–Crippen LogP) is 3.04. The summed E-state index contributed by atoms with van der Waals surface area (Å²) in [5, 5.41) is 10.6. The standard InChI is InChI=1S/C28H36ClN3O5/c1-6-15-30(5)24(34)21-22-25(35)32(18(8-3)17-33)23(28(22)14-13-27(21,4)37-28)26(36)31(16-7-2)20-12-10-9-11-19(20)29/h6-7,9-12,18,21-23,33H,1-2,8,13-17H2,3-5H3/t18-,21+,22-,23?,27-,28?/m0/s1. The molecule has 3 amide bonds. The molecule has 200 valence electrons. The van der Waals surface area contributed by atoms with Gasteiger partial charge in [0.25, 0.3) is 5.91 Å². The summed E-state index contributed by atoms with van der Waals surface area (Å²) in [5.74, 6) is -2.49. The summed E-state index contributed by atoms with van der Waals surface area (Å²) in [7, 11) is 1.68. The molecule has 1 N–H and O–H groups in total. The second-order valence-corrected chi connectivity index (χ2v) is 10.8. The molecule has 1 aromatic rings. The van der Waals surface area contributed by atoms with E-state index in [-0.39, 0.29) is 30.9 Å². The molecule has 0 aliphatic carbocycles. The van der Waals surface area contributed by atoms with Crippen molar-refractivity contribution in [1.82, 2.24) is 9.80 Å². The minimum Gasteiger partial charge on any atom is -0.394 e. The van der Waals surface area contributed by atoms with Crippen LogP contribution in [0.1, 0.15) is 33.1 Å². The molecule has 8 nitrogen and oxygen atoms in total. The predicted molar refractivity (Wildman–Crippen MR) is 142 cm³/mol. The van der Waals surface area contributed by atoms with Crippen LogP contribution in [0.3, 0.4) is 0 Å². The Hall–Kier alpha value is -2.68. The lowest BCUT2D eigenvalue weighted by Gasteiger charge is -2.39. The Balaban J connectivity index is 1.86. The maximum absolute atomic E-state index is 14.5. The number of ether oxygens (including phenoxy) is 1. The van der Waals surface area contributed by atoms with E-state index in [1.807, 2.05) is 13.8 Å². The van der Waals surface area contributed by atoms with Crippen LogP contribution in [-0.4, -0.2) is 82.7 Å². The molecule has 2 bridgehead atoms. The van der Waals surface area contributed by atoms with Crippen molar-refractivity contribution >= 4 is 35.0 Å². The second-order valence-electron chi connectivity index (χ2n) is 10.4. The number of aliphatic hydroxyl groups is 1. The minimum absolute atomic E-state index is 0.166. The van der Waals surface area contributed by atoms with E-state index < -0.39 is 35.1 Å². The Morgan fingerprint density at radius 3 is 2.51 bits per heavy atom. The van der Waals surface area contributed by atoms with Crippen molar-refractivity contribution in [2.75, 3.05) is 31.6 Å². The van der Waals surface area contributed by atoms with Crippen LogP contribution >= 0.6 is 11.6 Å². The lowest BCUT2D eigenvalue weighted by molar-refractivity contribution is -0.151. The number of hydrogen-bond acceptors (Lipinski definition) is 5. The number of carbonyl (C=O) groups is 3. The van der Waals surface area contributed by atoms with Gasteiger partial charge in [0, 0.05) is 20.1 Å². The quantitative estimate of drug-likeness (QED) is 0.470. The number of likely N-dealkylation sites (N-methyl/N-ethyl adjacent to an activating group) is 1. The van der Waals surface area contributed by atoms with E-state index in [1.54, 1.807) is 48.4 Å². The zero-order valence-corrected chi connectivity index (χ0v) is 22.5. The SMILES string of the molecule is C=CCN(C)C(=O)[C@H]1[C@H]2C(=O)N([C@@H](CC)CO)C(C(=O)N(CC=C)c3ccccc3Cl)C23CC[C@]1(C)O3. The Morgan fingerprint density at radius 1 is 1.24 bits per heavy atom. The molecule has 1 aromatic carbocycles. The van der Waals surface area contributed by atoms with E-state index in [9.17, 15) is 19.5 Å². The summed E-state index contributed by atoms with van der Waals surface area (Å²) in [6, 6.07) is 5.38. The molecule has 3 heterocycles. The average Bonchev–Trinajstić information content (AvgIpc) is 3.44. The first-order valence-electron chi connectivity index (χ1n) is 12.8. The molecular weight excluding hydrogens is 494 g/mol. The highest BCUT2D eigenvalue weighted by Gasteiger charge is 2.78. The van der Waals surface area contributed by atoms with Gasteiger partial charge in [-0.3, -0.25) is 14.4 Å². The van der Waals surface area contributed by atoms with Gasteiger partial charge < -0.3 is 24.5 Å². The van der Waals surface area contributed by atoms with Gasteiger partial charge in [-0.2, -0.15) is 0 Å². The molecule has 0 radical (unpaired) electrons. The number of aliphatic hydroxyl groups excluding tert-OH is 1. The first-order chi connectivity index (χ1) is 17.6. The Kier molecular flexibility index (Phi) is 7.57. The number of hydrogen-bond donors (Lipinski definition) is 1. The summed E-state index contributed by atoms with van der Waals surface area (Å²) in [4.78, 5) is 46.9. The topological polar surface area (TPSA) is 90.4 Å². The molecule has 0 saturated carbocycles. The fourth-order valence-electron chi connectivity index (χ4n) is 6.60. The maximum Gasteiger partial charge on any atom is 0.253 e. The van der Waals surface area contributed by atoms with Gasteiger partial charge >= 0.3 is 0 Å². The van der Waals surface area contributed by atoms with Gasteiger partial charge in [0.15, 0.2) is 0 Å². The van der Waals surface area contributed by atoms with Crippen LogP contribution < -0.4 is 4.90 Å². The molecule has 9 heteroatoms. The number of nitrogens with zero attached hydrogens (tertiary/aromatic N) is 3. The van der Waals surface area contributed by atoms with Crippen molar-refractivity contribution in [1.29, 1.82) is 0 Å². The summed E-state index contributed by atoms with van der Waals surface area (Å²) in [5.41, 5.74) is -1.58. The van der Waals surface area contributed by atoms with Crippen LogP contribution in [0.5, 0.6) is 0 Å². The monoisotopic (exact) mass is 529 g/mol. The molecule has 3 aliphatic heterocycles. The molecular formula is C28H36ClN3O5. The van der Waals surface area contributed by atoms with E-state index in [4.69, 9.17) is 16.3 Å². The van der Waals surface area contributed by atoms with Crippen molar-refractivity contribution in [3.8, 4) is 0 Å². The molecule has 0 aromatic heterocycles. The molecule has 1 spiro atoms. The minimum atomic E-state index is -1.19. The number of likely N-dealkylation sites (tertiary alicyclic amines) is 1. The number of amides is 3. The highest BCUT2D eigenvalue weighted by Crippen LogP contribution is 2.64. The fraction of sp³-hybridized carbons (Fsp3) is 0.536. The van der Waals surface area contributed by atoms with E-state index in [0.717, 1.165) is 0 Å². The van der Waals surface area contributed by atoms with Crippen LogP contribution in [0.15, 0.2) is 49.6 Å². The second kappa shape index (κ2) is 10.2. The van der Waals surface area contributed by atoms with E-state index in [1.165, 1.54) is 9.80 Å². The number of para-hydroxylation sites is 1. The molecule has 4 rings (SSSR count). The third-order valence-electron chi connectivity index (χ3n) is 8.29. The lowest BCUT2D eigenvalue weighted by atomic mass is 9.66. The van der Waals surface area contributed by atoms with Crippen molar-refractivity contribution in [3.05, 3.63) is 54.6 Å². The lowest BCUT2D eigenvalue weighted by Crippen LogP contribution is -2.59. The maximum atomic E-state index is 14.5. The molecule has 3 fully saturated rings. The number of fused-ring (bicyclic) bond motifs is 1. The largest absolute Gasteiger partial charge is 0.394 e. The van der Waals surface area contributed by atoms with Crippen LogP contribution in [0, 0.1) is 11.8 Å². The molecule has 2 unspecified atom stereocenters. The van der Waals surface area contributed by atoms with Gasteiger partial charge in [0.2, 0.25) is 11.8 Å². The Labute approximate surface area is 223 Å². The molecule has 3 aliphatic rings. The van der Waals surface area contributed by atoms with Crippen molar-refractivity contribution in [2.45, 2.75) is 56.4 Å². The number of carbonyl (C=O) groups excluding carboxylic acids is 3. The third kappa shape index (κ3) is 4.10. The summed E-state index contributed by atoms with van der Waals surface area (Å²) in [6.45, 7) is 11.4. The van der Waals surface area contributed by atoms with Crippen LogP contribution in [-0.2, 0) is 19.1 Å². The van der Waals surface area contributed by atoms with Crippen LogP contribution in [0.4, 0.5) is 5.69 Å². The zero-order chi connectivity index (χ0) is 27.1. The third-order valence-corrected chi connectivity index (χ3v) is 8.61. The van der Waals surface area contributed by atoms with Gasteiger partial charge in [0.1, 0.15) is 11.6 Å². The molecule has 6 atom stereocenters. The number of anilines is 1. The Bertz CT molecular complexity index is 1110. The highest BCUT2D eigenvalue weighted by atomic mass is 35.5. The highest BCUT2D eigenvalue weighted by molar-refractivity contribution is 6.34. The van der Waals surface area contributed by atoms with Crippen molar-refractivity contribution in [3.63, 3.8) is 0 Å². The fourth-order valence-corrected chi connectivity index (χ4v) is 6.84. The summed E-state index contributed by atoms with van der Waals surface area (Å²) < 4.78 is 6.68. The van der Waals surface area contributed by atoms with Gasteiger partial charge in [0.05, 0.1) is 40.8 Å². The number of halogens is 1. The molecule has 37 heavy (non-hydrogen) atoms. The van der Waals surface area contributed by atoms with Gasteiger partial charge in [-0.1, -0.05) is 42.8 Å². The van der Waals surface area contributed by atoms with E-state index in [2.05, 4.69) is 13.2 Å². The summed E-state index contributed by atoms with van der Waals surface area (Å²) in [6.07, 6.45) is 4.67.